The number of hydrogen-bond donors (Lipinski definition) is 3. The molecule has 0 aliphatic rings. The van der Waals surface area contributed by atoms with Crippen molar-refractivity contribution < 1.29 is 19.0 Å². The molecule has 1 aromatic carbocycles. The predicted molar refractivity (Wildman–Crippen MR) is 154 cm³/mol. The minimum atomic E-state index is -0.356. The van der Waals surface area contributed by atoms with Gasteiger partial charge in [-0.05, 0) is 18.2 Å². The van der Waals surface area contributed by atoms with Crippen LogP contribution in [0.4, 0.5) is 23.1 Å². The van der Waals surface area contributed by atoms with E-state index in [0.29, 0.717) is 69.1 Å². The zero-order valence-electron chi connectivity index (χ0n) is 21.8. The van der Waals surface area contributed by atoms with E-state index in [1.807, 2.05) is 12.1 Å². The van der Waals surface area contributed by atoms with Gasteiger partial charge in [-0.2, -0.15) is 5.10 Å². The van der Waals surface area contributed by atoms with E-state index in [1.165, 1.54) is 20.3 Å². The van der Waals surface area contributed by atoms with Crippen molar-refractivity contribution in [3.05, 3.63) is 53.3 Å². The minimum absolute atomic E-state index is 0.300. The van der Waals surface area contributed by atoms with Gasteiger partial charge in [-0.3, -0.25) is 9.48 Å². The Morgan fingerprint density at radius 2 is 1.82 bits per heavy atom. The van der Waals surface area contributed by atoms with Gasteiger partial charge in [0, 0.05) is 49.3 Å². The van der Waals surface area contributed by atoms with Crippen molar-refractivity contribution in [2.24, 2.45) is 7.05 Å². The Hall–Kier alpha value is -4.06. The number of methoxy groups -OCH3 is 3. The fourth-order valence-electron chi connectivity index (χ4n) is 3.84. The normalized spacial score (nSPS) is 10.8. The second-order valence-corrected chi connectivity index (χ2v) is 8.99. The number of rotatable bonds is 11. The van der Waals surface area contributed by atoms with Crippen molar-refractivity contribution in [1.29, 1.82) is 0 Å². The molecule has 4 rings (SSSR count). The van der Waals surface area contributed by atoms with Crippen LogP contribution in [0.5, 0.6) is 11.5 Å². The molecule has 0 bridgehead atoms. The monoisotopic (exact) mass is 571 g/mol. The van der Waals surface area contributed by atoms with Gasteiger partial charge in [0.2, 0.25) is 5.91 Å². The van der Waals surface area contributed by atoms with E-state index < -0.39 is 0 Å². The molecule has 0 fully saturated rings. The van der Waals surface area contributed by atoms with E-state index in [-0.39, 0.29) is 5.91 Å². The average molecular weight is 572 g/mol. The van der Waals surface area contributed by atoms with Gasteiger partial charge in [-0.1, -0.05) is 29.8 Å². The van der Waals surface area contributed by atoms with Crippen LogP contribution in [0, 0.1) is 0 Å². The number of hydrogen-bond acceptors (Lipinski definition) is 9. The van der Waals surface area contributed by atoms with Gasteiger partial charge < -0.3 is 30.2 Å². The summed E-state index contributed by atoms with van der Waals surface area (Å²) in [5.74, 6) is 1.90. The Balaban J connectivity index is 1.82. The van der Waals surface area contributed by atoms with Crippen molar-refractivity contribution in [3.8, 4) is 22.8 Å². The molecule has 4 aromatic rings. The maximum absolute atomic E-state index is 11.8. The van der Waals surface area contributed by atoms with Crippen molar-refractivity contribution >= 4 is 63.0 Å². The Morgan fingerprint density at radius 1 is 1.10 bits per heavy atom. The lowest BCUT2D eigenvalue weighted by Crippen LogP contribution is -2.10. The minimum Gasteiger partial charge on any atom is -0.495 e. The number of amides is 1. The maximum atomic E-state index is 11.8. The highest BCUT2D eigenvalue weighted by Gasteiger charge is 2.21. The summed E-state index contributed by atoms with van der Waals surface area (Å²) in [4.78, 5) is 21.2. The molecule has 0 atom stereocenters. The molecule has 3 N–H and O–H groups in total. The number of halogens is 2. The number of aromatic nitrogens is 4. The summed E-state index contributed by atoms with van der Waals surface area (Å²) in [6.45, 7) is 4.44. The first-order valence-corrected chi connectivity index (χ1v) is 12.4. The summed E-state index contributed by atoms with van der Waals surface area (Å²) in [7, 11) is 6.39. The van der Waals surface area contributed by atoms with Crippen LogP contribution < -0.4 is 25.4 Å². The number of benzene rings is 1. The number of nitrogens with zero attached hydrogens (tertiary/aromatic N) is 4. The Labute approximate surface area is 235 Å². The quantitative estimate of drug-likeness (QED) is 0.163. The largest absolute Gasteiger partial charge is 0.495 e. The standard InChI is InChI=1S/C26H27Cl2N7O4/c1-6-21(36)31-17-13-35(2)34-26(17)33-20-10-15-14(12-30-20)9-16(32-25(15)29-7-8-37-3)22-23(27)18(38-4)11-19(39-5)24(22)28/h6,9-13H,1,7-8H2,2-5H3,(H,29,32)(H,31,36)(H,30,33,34). The molecule has 39 heavy (non-hydrogen) atoms. The van der Waals surface area contributed by atoms with E-state index in [9.17, 15) is 4.79 Å². The van der Waals surface area contributed by atoms with Gasteiger partial charge in [0.15, 0.2) is 5.82 Å². The molecule has 1 amide bonds. The molecule has 0 unspecified atom stereocenters. The van der Waals surface area contributed by atoms with E-state index in [0.717, 1.165) is 10.8 Å². The zero-order valence-corrected chi connectivity index (χ0v) is 23.3. The van der Waals surface area contributed by atoms with Crippen LogP contribution in [0.3, 0.4) is 0 Å². The molecular formula is C26H27Cl2N7O4. The number of pyridine rings is 2. The number of fused-ring (bicyclic) bond motifs is 1. The molecule has 0 saturated carbocycles. The summed E-state index contributed by atoms with van der Waals surface area (Å²) in [5.41, 5.74) is 1.44. The number of nitrogens with one attached hydrogen (secondary N) is 3. The highest BCUT2D eigenvalue weighted by molar-refractivity contribution is 6.41. The molecule has 0 spiro atoms. The van der Waals surface area contributed by atoms with Crippen LogP contribution in [0.1, 0.15) is 0 Å². The van der Waals surface area contributed by atoms with E-state index in [1.54, 1.807) is 37.3 Å². The van der Waals surface area contributed by atoms with Crippen molar-refractivity contribution in [3.63, 3.8) is 0 Å². The summed E-state index contributed by atoms with van der Waals surface area (Å²) in [6.07, 6.45) is 4.55. The van der Waals surface area contributed by atoms with E-state index in [2.05, 4.69) is 32.6 Å². The molecular weight excluding hydrogens is 545 g/mol. The van der Waals surface area contributed by atoms with Crippen molar-refractivity contribution in [1.82, 2.24) is 19.7 Å². The maximum Gasteiger partial charge on any atom is 0.247 e. The Bertz CT molecular complexity index is 1510. The molecule has 11 nitrogen and oxygen atoms in total. The number of carbonyl (C=O) groups excluding carboxylic acids is 1. The molecule has 204 valence electrons. The zero-order chi connectivity index (χ0) is 28.1. The number of carbonyl (C=O) groups is 1. The number of anilines is 4. The fraction of sp³-hybridized carbons (Fsp3) is 0.231. The third-order valence-electron chi connectivity index (χ3n) is 5.66. The molecule has 3 aromatic heterocycles. The second-order valence-electron chi connectivity index (χ2n) is 8.23. The highest BCUT2D eigenvalue weighted by atomic mass is 35.5. The first kappa shape index (κ1) is 28.0. The van der Waals surface area contributed by atoms with Crippen LogP contribution >= 0.6 is 23.2 Å². The highest BCUT2D eigenvalue weighted by Crippen LogP contribution is 2.46. The molecule has 0 saturated heterocycles. The second kappa shape index (κ2) is 12.2. The van der Waals surface area contributed by atoms with Gasteiger partial charge in [0.25, 0.3) is 0 Å². The van der Waals surface area contributed by atoms with Crippen LogP contribution in [0.15, 0.2) is 43.2 Å². The smallest absolute Gasteiger partial charge is 0.247 e. The lowest BCUT2D eigenvalue weighted by Gasteiger charge is -2.17. The third-order valence-corrected chi connectivity index (χ3v) is 6.41. The van der Waals surface area contributed by atoms with Crippen LogP contribution in [-0.4, -0.2) is 60.1 Å². The van der Waals surface area contributed by atoms with Gasteiger partial charge in [-0.15, -0.1) is 0 Å². The summed E-state index contributed by atoms with van der Waals surface area (Å²) < 4.78 is 17.6. The van der Waals surface area contributed by atoms with Crippen LogP contribution in [0.2, 0.25) is 10.0 Å². The first-order chi connectivity index (χ1) is 18.8. The van der Waals surface area contributed by atoms with Gasteiger partial charge in [-0.25, -0.2) is 9.97 Å². The van der Waals surface area contributed by atoms with Crippen LogP contribution in [0.25, 0.3) is 22.0 Å². The lowest BCUT2D eigenvalue weighted by atomic mass is 10.1. The Morgan fingerprint density at radius 3 is 2.46 bits per heavy atom. The summed E-state index contributed by atoms with van der Waals surface area (Å²) in [6, 6.07) is 5.27. The van der Waals surface area contributed by atoms with Gasteiger partial charge in [0.05, 0.1) is 42.8 Å². The molecule has 0 radical (unpaired) electrons. The number of aryl methyl sites for hydroxylation is 1. The molecule has 0 aliphatic heterocycles. The van der Waals surface area contributed by atoms with E-state index >= 15 is 0 Å². The first-order valence-electron chi connectivity index (χ1n) is 11.7. The summed E-state index contributed by atoms with van der Waals surface area (Å²) >= 11 is 13.3. The number of ether oxygens (including phenoxy) is 3. The van der Waals surface area contributed by atoms with Gasteiger partial charge >= 0.3 is 0 Å². The lowest BCUT2D eigenvalue weighted by molar-refractivity contribution is -0.111. The summed E-state index contributed by atoms with van der Waals surface area (Å²) in [5, 5.41) is 15.7. The molecule has 13 heteroatoms. The predicted octanol–water partition coefficient (Wildman–Crippen LogP) is 5.28. The topological polar surface area (TPSA) is 124 Å². The SMILES string of the molecule is C=CC(=O)Nc1cn(C)nc1Nc1cc2c(NCCOC)nc(-c3c(Cl)c(OC)cc(OC)c3Cl)cc2cn1. The van der Waals surface area contributed by atoms with E-state index in [4.69, 9.17) is 42.4 Å². The molecule has 3 heterocycles. The molecule has 0 aliphatic carbocycles. The fourth-order valence-corrected chi connectivity index (χ4v) is 4.53. The third kappa shape index (κ3) is 6.00. The van der Waals surface area contributed by atoms with Gasteiger partial charge in [0.1, 0.15) is 28.8 Å². The Kier molecular flexibility index (Phi) is 8.75. The van der Waals surface area contributed by atoms with Crippen molar-refractivity contribution in [2.75, 3.05) is 50.4 Å². The van der Waals surface area contributed by atoms with Crippen molar-refractivity contribution in [2.45, 2.75) is 0 Å². The average Bonchev–Trinajstić information content (AvgIpc) is 3.26. The van der Waals surface area contributed by atoms with Crippen LogP contribution in [-0.2, 0) is 16.6 Å².